The third-order valence-corrected chi connectivity index (χ3v) is 10.2. The summed E-state index contributed by atoms with van der Waals surface area (Å²) in [6, 6.07) is 10.9. The third-order valence-electron chi connectivity index (χ3n) is 10.2. The Labute approximate surface area is 249 Å². The lowest BCUT2D eigenvalue weighted by atomic mass is 9.62. The number of pyridine rings is 1. The van der Waals surface area contributed by atoms with Crippen molar-refractivity contribution in [2.45, 2.75) is 76.9 Å². The van der Waals surface area contributed by atoms with Crippen molar-refractivity contribution in [3.63, 3.8) is 0 Å². The summed E-state index contributed by atoms with van der Waals surface area (Å²) in [5, 5.41) is 12.4. The second kappa shape index (κ2) is 12.7. The van der Waals surface area contributed by atoms with Crippen molar-refractivity contribution < 1.29 is 19.4 Å². The molecule has 3 heterocycles. The number of carbonyl (C=O) groups excluding carboxylic acids is 2. The number of carbonyl (C=O) groups is 2. The highest BCUT2D eigenvalue weighted by Crippen LogP contribution is 2.48. The van der Waals surface area contributed by atoms with E-state index in [0.29, 0.717) is 62.6 Å². The predicted octanol–water partition coefficient (Wildman–Crippen LogP) is 4.58. The van der Waals surface area contributed by atoms with Gasteiger partial charge in [-0.25, -0.2) is 0 Å². The van der Waals surface area contributed by atoms with Crippen LogP contribution in [0.3, 0.4) is 0 Å². The number of nitrogens with zero attached hydrogens (tertiary/aromatic N) is 3. The lowest BCUT2D eigenvalue weighted by Gasteiger charge is -2.55. The van der Waals surface area contributed by atoms with E-state index in [1.165, 1.54) is 47.6 Å². The summed E-state index contributed by atoms with van der Waals surface area (Å²) in [7, 11) is 3.39. The molecule has 42 heavy (non-hydrogen) atoms. The Balaban J connectivity index is 1.42. The van der Waals surface area contributed by atoms with Gasteiger partial charge in [-0.3, -0.25) is 14.4 Å². The Morgan fingerprint density at radius 1 is 1.07 bits per heavy atom. The molecule has 2 amide bonds. The van der Waals surface area contributed by atoms with Crippen LogP contribution in [0.1, 0.15) is 75.1 Å². The van der Waals surface area contributed by atoms with E-state index in [1.807, 2.05) is 35.2 Å². The maximum Gasteiger partial charge on any atom is 0.255 e. The summed E-state index contributed by atoms with van der Waals surface area (Å²) in [5.74, 6) is 0.560. The van der Waals surface area contributed by atoms with Crippen molar-refractivity contribution in [1.29, 1.82) is 0 Å². The van der Waals surface area contributed by atoms with Gasteiger partial charge in [0.25, 0.3) is 11.5 Å². The normalized spacial score (nSPS) is 23.5. The lowest BCUT2D eigenvalue weighted by Crippen LogP contribution is -2.65. The van der Waals surface area contributed by atoms with Gasteiger partial charge in [-0.15, -0.1) is 0 Å². The van der Waals surface area contributed by atoms with Crippen molar-refractivity contribution in [3.05, 3.63) is 58.5 Å². The molecule has 3 fully saturated rings. The van der Waals surface area contributed by atoms with E-state index in [-0.39, 0.29) is 29.8 Å². The number of aromatic nitrogens is 1. The minimum Gasteiger partial charge on any atom is -0.387 e. The van der Waals surface area contributed by atoms with E-state index in [0.717, 1.165) is 12.0 Å². The summed E-state index contributed by atoms with van der Waals surface area (Å²) in [5.41, 5.74) is -0.292. The zero-order valence-corrected chi connectivity index (χ0v) is 25.5. The number of likely N-dealkylation sites (tertiary alicyclic amines) is 1. The Hall–Kier alpha value is -2.97. The fraction of sp³-hybridized carbons (Fsp3) is 0.618. The Bertz CT molecular complexity index is 1310. The average Bonchev–Trinajstić information content (AvgIpc) is 3.00. The van der Waals surface area contributed by atoms with E-state index >= 15 is 0 Å². The number of ether oxygens (including phenoxy) is 1. The molecule has 1 aliphatic carbocycles. The number of benzene rings is 1. The molecule has 1 spiro atoms. The highest BCUT2D eigenvalue weighted by Gasteiger charge is 2.55. The molecule has 2 saturated heterocycles. The second-order valence-corrected chi connectivity index (χ2v) is 13.2. The Morgan fingerprint density at radius 3 is 2.43 bits per heavy atom. The van der Waals surface area contributed by atoms with Gasteiger partial charge in [0.2, 0.25) is 5.91 Å². The Morgan fingerprint density at radius 2 is 1.76 bits per heavy atom. The first-order chi connectivity index (χ1) is 20.1. The van der Waals surface area contributed by atoms with Gasteiger partial charge >= 0.3 is 0 Å². The summed E-state index contributed by atoms with van der Waals surface area (Å²) in [6.45, 7) is 4.05. The number of hydrogen-bond acceptors (Lipinski definition) is 5. The third kappa shape index (κ3) is 6.20. The largest absolute Gasteiger partial charge is 0.387 e. The molecule has 3 aliphatic rings. The first-order valence-electron chi connectivity index (χ1n) is 15.7. The highest BCUT2D eigenvalue weighted by molar-refractivity contribution is 6.00. The van der Waals surface area contributed by atoms with Gasteiger partial charge < -0.3 is 24.2 Å². The van der Waals surface area contributed by atoms with Gasteiger partial charge in [-0.1, -0.05) is 69.4 Å². The summed E-state index contributed by atoms with van der Waals surface area (Å²) < 4.78 is 7.22. The first kappa shape index (κ1) is 30.5. The fourth-order valence-electron chi connectivity index (χ4n) is 7.58. The minimum atomic E-state index is -1.23. The maximum atomic E-state index is 13.7. The summed E-state index contributed by atoms with van der Waals surface area (Å²) in [6.07, 6.45) is 10.4. The van der Waals surface area contributed by atoms with E-state index in [4.69, 9.17) is 4.74 Å². The van der Waals surface area contributed by atoms with Gasteiger partial charge in [0.15, 0.2) is 0 Å². The van der Waals surface area contributed by atoms with Crippen LogP contribution in [0.25, 0.3) is 11.1 Å². The molecule has 1 aromatic carbocycles. The Kier molecular flexibility index (Phi) is 9.23. The molecule has 228 valence electrons. The first-order valence-corrected chi connectivity index (χ1v) is 15.7. The molecule has 1 aromatic heterocycles. The zero-order chi connectivity index (χ0) is 29.9. The van der Waals surface area contributed by atoms with Crippen molar-refractivity contribution in [2.24, 2.45) is 17.3 Å². The number of rotatable bonds is 7. The van der Waals surface area contributed by atoms with E-state index in [9.17, 15) is 19.5 Å². The molecule has 0 bridgehead atoms. The van der Waals surface area contributed by atoms with Crippen LogP contribution in [0.5, 0.6) is 0 Å². The quantitative estimate of drug-likeness (QED) is 0.520. The van der Waals surface area contributed by atoms with Crippen LogP contribution in [0.15, 0.2) is 47.4 Å². The lowest BCUT2D eigenvalue weighted by molar-refractivity contribution is -0.186. The topological polar surface area (TPSA) is 92.1 Å². The summed E-state index contributed by atoms with van der Waals surface area (Å²) >= 11 is 0. The number of aliphatic hydroxyl groups is 1. The van der Waals surface area contributed by atoms with Crippen LogP contribution < -0.4 is 5.56 Å². The maximum absolute atomic E-state index is 13.7. The molecule has 1 unspecified atom stereocenters. The van der Waals surface area contributed by atoms with Gasteiger partial charge in [0.05, 0.1) is 17.7 Å². The van der Waals surface area contributed by atoms with Crippen LogP contribution >= 0.6 is 0 Å². The van der Waals surface area contributed by atoms with E-state index in [1.54, 1.807) is 20.3 Å². The van der Waals surface area contributed by atoms with Gasteiger partial charge in [-0.05, 0) is 37.2 Å². The minimum absolute atomic E-state index is 0.0380. The predicted molar refractivity (Wildman–Crippen MR) is 163 cm³/mol. The molecule has 1 N–H and O–H groups in total. The van der Waals surface area contributed by atoms with Gasteiger partial charge in [0, 0.05) is 69.6 Å². The van der Waals surface area contributed by atoms with Crippen LogP contribution in [-0.4, -0.2) is 77.3 Å². The van der Waals surface area contributed by atoms with Crippen LogP contribution in [0, 0.1) is 17.3 Å². The molecule has 2 aliphatic heterocycles. The van der Waals surface area contributed by atoms with Crippen molar-refractivity contribution in [2.75, 3.05) is 40.4 Å². The second-order valence-electron chi connectivity index (χ2n) is 13.2. The van der Waals surface area contributed by atoms with Gasteiger partial charge in [0.1, 0.15) is 0 Å². The number of hydrogen-bond donors (Lipinski definition) is 1. The number of piperidine rings is 1. The molecule has 2 aromatic rings. The van der Waals surface area contributed by atoms with Crippen LogP contribution in [0.2, 0.25) is 0 Å². The molecule has 5 rings (SSSR count). The fourth-order valence-corrected chi connectivity index (χ4v) is 7.58. The SMILES string of the molecule is C[C@H](CC1CCCCC1)C(=O)N1CCC(O)(Cn2cc(C(=O)N(C)C)c(-c3ccccc3)cc2=O)C2(CCOCC2)C1. The molecule has 2 atom stereocenters. The van der Waals surface area contributed by atoms with E-state index in [2.05, 4.69) is 6.92 Å². The molecular weight excluding hydrogens is 530 g/mol. The van der Waals surface area contributed by atoms with Crippen LogP contribution in [-0.2, 0) is 16.1 Å². The highest BCUT2D eigenvalue weighted by atomic mass is 16.5. The number of amides is 2. The standard InChI is InChI=1S/C34H47N3O5/c1-25(20-26-10-6-4-7-11-26)31(39)36-17-14-34(41,33(23-36)15-18-42-19-16-33)24-37-22-29(32(40)35(2)3)28(21-30(37)38)27-12-8-5-9-13-27/h5,8-9,12-13,21-22,25-26,41H,4,6-7,10-11,14-20,23-24H2,1-3H3/t25-,34?/m1/s1. The van der Waals surface area contributed by atoms with Crippen molar-refractivity contribution in [3.8, 4) is 11.1 Å². The molecular formula is C34H47N3O5. The van der Waals surface area contributed by atoms with Crippen molar-refractivity contribution in [1.82, 2.24) is 14.4 Å². The summed E-state index contributed by atoms with van der Waals surface area (Å²) in [4.78, 5) is 44.0. The zero-order valence-electron chi connectivity index (χ0n) is 25.5. The molecule has 8 heteroatoms. The van der Waals surface area contributed by atoms with Crippen LogP contribution in [0.4, 0.5) is 0 Å². The smallest absolute Gasteiger partial charge is 0.255 e. The average molecular weight is 578 g/mol. The van der Waals surface area contributed by atoms with E-state index < -0.39 is 11.0 Å². The van der Waals surface area contributed by atoms with Gasteiger partial charge in [-0.2, -0.15) is 0 Å². The van der Waals surface area contributed by atoms with Crippen molar-refractivity contribution >= 4 is 11.8 Å². The molecule has 1 saturated carbocycles. The molecule has 8 nitrogen and oxygen atoms in total. The molecule has 0 radical (unpaired) electrons. The monoisotopic (exact) mass is 577 g/mol.